The van der Waals surface area contributed by atoms with E-state index in [1.54, 1.807) is 0 Å². The van der Waals surface area contributed by atoms with Crippen molar-refractivity contribution in [3.05, 3.63) is 48.0 Å². The molecule has 0 bridgehead atoms. The second-order valence-electron chi connectivity index (χ2n) is 7.36. The van der Waals surface area contributed by atoms with E-state index in [4.69, 9.17) is 4.98 Å². The molecular weight excluding hydrogens is 310 g/mol. The van der Waals surface area contributed by atoms with Gasteiger partial charge >= 0.3 is 0 Å². The van der Waals surface area contributed by atoms with Gasteiger partial charge in [-0.2, -0.15) is 5.26 Å². The molecule has 3 nitrogen and oxygen atoms in total. The van der Waals surface area contributed by atoms with Crippen molar-refractivity contribution in [2.24, 2.45) is 7.05 Å². The Bertz CT molecular complexity index is 1110. The van der Waals surface area contributed by atoms with Crippen LogP contribution in [-0.2, 0) is 7.05 Å². The summed E-state index contributed by atoms with van der Waals surface area (Å²) in [7, 11) is 0.402. The van der Waals surface area contributed by atoms with Gasteiger partial charge in [0.15, 0.2) is 0 Å². The molecule has 0 fully saturated rings. The molecule has 0 radical (unpaired) electrons. The standard InChI is InChI=1S/C20H19N3Si/c1-23-17-10-9-13(12-21)11-15(17)19(24(2,3)4)18-14-7-5-6-8-16(14)22-20(18)23/h5-11H,1-4H3. The summed E-state index contributed by atoms with van der Waals surface area (Å²) in [6, 6.07) is 16.6. The molecule has 0 aliphatic carbocycles. The van der Waals surface area contributed by atoms with E-state index in [2.05, 4.69) is 61.6 Å². The fourth-order valence-corrected chi connectivity index (χ4v) is 5.69. The van der Waals surface area contributed by atoms with Crippen LogP contribution >= 0.6 is 0 Å². The third-order valence-electron chi connectivity index (χ3n) is 4.70. The van der Waals surface area contributed by atoms with Crippen LogP contribution in [0.3, 0.4) is 0 Å². The van der Waals surface area contributed by atoms with E-state index in [0.717, 1.165) is 16.9 Å². The van der Waals surface area contributed by atoms with Crippen molar-refractivity contribution in [2.45, 2.75) is 19.6 Å². The first-order valence-electron chi connectivity index (χ1n) is 8.13. The van der Waals surface area contributed by atoms with Gasteiger partial charge in [0, 0.05) is 23.5 Å². The summed E-state index contributed by atoms with van der Waals surface area (Å²) in [5, 5.41) is 13.2. The Morgan fingerprint density at radius 1 is 1.04 bits per heavy atom. The fraction of sp³-hybridized carbons (Fsp3) is 0.200. The predicted molar refractivity (Wildman–Crippen MR) is 103 cm³/mol. The zero-order chi connectivity index (χ0) is 17.1. The first kappa shape index (κ1) is 14.9. The Hall–Kier alpha value is -2.64. The maximum absolute atomic E-state index is 9.35. The quantitative estimate of drug-likeness (QED) is 0.490. The average molecular weight is 329 g/mol. The summed E-state index contributed by atoms with van der Waals surface area (Å²) in [5.74, 6) is 1.03. The number of aryl methyl sites for hydroxylation is 1. The highest BCUT2D eigenvalue weighted by molar-refractivity contribution is 6.91. The Kier molecular flexibility index (Phi) is 3.06. The molecule has 4 heteroatoms. The van der Waals surface area contributed by atoms with E-state index in [9.17, 15) is 5.26 Å². The minimum absolute atomic E-state index is 0.713. The second-order valence-corrected chi connectivity index (χ2v) is 12.4. The van der Waals surface area contributed by atoms with Crippen LogP contribution in [0.4, 0.5) is 0 Å². The maximum atomic E-state index is 9.35. The number of aromatic nitrogens is 2. The van der Waals surface area contributed by atoms with Crippen LogP contribution < -0.4 is 5.19 Å². The van der Waals surface area contributed by atoms with Gasteiger partial charge in [-0.25, -0.2) is 4.98 Å². The molecule has 2 aliphatic rings. The molecular formula is C20H19N3Si. The third kappa shape index (κ3) is 1.98. The minimum Gasteiger partial charge on any atom is -0.328 e. The zero-order valence-electron chi connectivity index (χ0n) is 14.4. The second kappa shape index (κ2) is 4.92. The number of benzene rings is 2. The highest BCUT2D eigenvalue weighted by Crippen LogP contribution is 2.34. The van der Waals surface area contributed by atoms with Crippen molar-refractivity contribution in [1.29, 1.82) is 5.26 Å². The summed E-state index contributed by atoms with van der Waals surface area (Å²) in [5.41, 5.74) is 4.15. The number of pyridine rings is 1. The molecule has 2 aromatic rings. The SMILES string of the molecule is Cn1c2nc3ccccc3c-2c([Si](C)(C)C)c2cc(C#N)ccc21. The monoisotopic (exact) mass is 329 g/mol. The van der Waals surface area contributed by atoms with Crippen molar-refractivity contribution < 1.29 is 0 Å². The van der Waals surface area contributed by atoms with Crippen molar-refractivity contribution in [2.75, 3.05) is 0 Å². The van der Waals surface area contributed by atoms with E-state index in [1.165, 1.54) is 21.5 Å². The lowest BCUT2D eigenvalue weighted by atomic mass is 10.1. The Labute approximate surface area is 142 Å². The van der Waals surface area contributed by atoms with Crippen molar-refractivity contribution in [3.8, 4) is 17.5 Å². The van der Waals surface area contributed by atoms with Crippen LogP contribution in [0.15, 0.2) is 42.5 Å². The summed E-state index contributed by atoms with van der Waals surface area (Å²) in [4.78, 5) is 4.90. The van der Waals surface area contributed by atoms with Gasteiger partial charge in [0.05, 0.1) is 25.2 Å². The molecule has 0 saturated heterocycles. The van der Waals surface area contributed by atoms with E-state index in [-0.39, 0.29) is 0 Å². The van der Waals surface area contributed by atoms with Gasteiger partial charge < -0.3 is 4.57 Å². The number of hydrogen-bond donors (Lipinski definition) is 0. The minimum atomic E-state index is -1.66. The van der Waals surface area contributed by atoms with Crippen LogP contribution in [0.2, 0.25) is 19.6 Å². The van der Waals surface area contributed by atoms with Gasteiger partial charge in [0.25, 0.3) is 0 Å². The Morgan fingerprint density at radius 2 is 1.79 bits per heavy atom. The summed E-state index contributed by atoms with van der Waals surface area (Å²) >= 11 is 0. The molecule has 24 heavy (non-hydrogen) atoms. The average Bonchev–Trinajstić information content (AvgIpc) is 2.93. The van der Waals surface area contributed by atoms with Gasteiger partial charge in [0.1, 0.15) is 5.82 Å². The van der Waals surface area contributed by atoms with Gasteiger partial charge in [-0.1, -0.05) is 37.8 Å². The van der Waals surface area contributed by atoms with Crippen LogP contribution in [0, 0.1) is 11.3 Å². The molecule has 0 saturated carbocycles. The number of fused-ring (bicyclic) bond motifs is 4. The highest BCUT2D eigenvalue weighted by Gasteiger charge is 2.29. The Morgan fingerprint density at radius 3 is 2.50 bits per heavy atom. The lowest BCUT2D eigenvalue weighted by Crippen LogP contribution is -2.40. The van der Waals surface area contributed by atoms with Gasteiger partial charge in [-0.05, 0) is 34.8 Å². The molecule has 2 aromatic carbocycles. The topological polar surface area (TPSA) is 41.6 Å². The summed E-state index contributed by atoms with van der Waals surface area (Å²) in [6.07, 6.45) is 0. The van der Waals surface area contributed by atoms with Crippen molar-refractivity contribution >= 4 is 35.1 Å². The molecule has 2 heterocycles. The normalized spacial score (nSPS) is 12.1. The van der Waals surface area contributed by atoms with Gasteiger partial charge in [0.2, 0.25) is 0 Å². The third-order valence-corrected chi connectivity index (χ3v) is 6.72. The first-order valence-corrected chi connectivity index (χ1v) is 11.6. The smallest absolute Gasteiger partial charge is 0.141 e. The lowest BCUT2D eigenvalue weighted by molar-refractivity contribution is 0.940. The molecule has 0 N–H and O–H groups in total. The van der Waals surface area contributed by atoms with Gasteiger partial charge in [-0.3, -0.25) is 0 Å². The number of para-hydroxylation sites is 1. The van der Waals surface area contributed by atoms with Gasteiger partial charge in [-0.15, -0.1) is 0 Å². The van der Waals surface area contributed by atoms with Crippen LogP contribution in [-0.4, -0.2) is 17.6 Å². The number of nitriles is 1. The zero-order valence-corrected chi connectivity index (χ0v) is 15.4. The Balaban J connectivity index is 2.34. The van der Waals surface area contributed by atoms with Crippen molar-refractivity contribution in [1.82, 2.24) is 9.55 Å². The molecule has 0 amide bonds. The number of rotatable bonds is 1. The van der Waals surface area contributed by atoms with Crippen LogP contribution in [0.5, 0.6) is 0 Å². The maximum Gasteiger partial charge on any atom is 0.141 e. The predicted octanol–water partition coefficient (Wildman–Crippen LogP) is 4.25. The fourth-order valence-electron chi connectivity index (χ4n) is 3.69. The van der Waals surface area contributed by atoms with E-state index < -0.39 is 8.07 Å². The lowest BCUT2D eigenvalue weighted by Gasteiger charge is -2.25. The summed E-state index contributed by atoms with van der Waals surface area (Å²) < 4.78 is 2.16. The largest absolute Gasteiger partial charge is 0.328 e. The van der Waals surface area contributed by atoms with Crippen molar-refractivity contribution in [3.63, 3.8) is 0 Å². The first-order chi connectivity index (χ1) is 11.4. The molecule has 118 valence electrons. The summed E-state index contributed by atoms with van der Waals surface area (Å²) in [6.45, 7) is 7.09. The van der Waals surface area contributed by atoms with E-state index in [0.29, 0.717) is 5.56 Å². The van der Waals surface area contributed by atoms with E-state index in [1.807, 2.05) is 18.2 Å². The molecule has 0 atom stereocenters. The molecule has 0 aromatic heterocycles. The van der Waals surface area contributed by atoms with Crippen LogP contribution in [0.1, 0.15) is 5.56 Å². The number of hydrogen-bond acceptors (Lipinski definition) is 2. The molecule has 0 unspecified atom stereocenters. The van der Waals surface area contributed by atoms with E-state index >= 15 is 0 Å². The van der Waals surface area contributed by atoms with Crippen LogP contribution in [0.25, 0.3) is 33.2 Å². The molecule has 4 rings (SSSR count). The highest BCUT2D eigenvalue weighted by atomic mass is 28.3. The number of nitrogens with zero attached hydrogens (tertiary/aromatic N) is 3. The molecule has 0 spiro atoms. The molecule has 2 aliphatic heterocycles.